The molecule has 1 heterocycles. The summed E-state index contributed by atoms with van der Waals surface area (Å²) in [7, 11) is 0. The first-order valence-corrected chi connectivity index (χ1v) is 6.53. The minimum Gasteiger partial charge on any atom is -0.302 e. The Kier molecular flexibility index (Phi) is 4.00. The number of benzene rings is 1. The predicted octanol–water partition coefficient (Wildman–Crippen LogP) is 3.52. The van der Waals surface area contributed by atoms with E-state index in [-0.39, 0.29) is 0 Å². The van der Waals surface area contributed by atoms with E-state index in [2.05, 4.69) is 49.1 Å². The molecule has 1 nitrogen and oxygen atoms in total. The van der Waals surface area contributed by atoms with Crippen molar-refractivity contribution >= 4 is 0 Å². The highest BCUT2D eigenvalue weighted by Crippen LogP contribution is 2.26. The molecule has 2 rings (SSSR count). The molecule has 88 valence electrons. The molecule has 1 heteroatoms. The number of hydrogen-bond donors (Lipinski definition) is 0. The maximum Gasteiger partial charge on any atom is 0.00936 e. The summed E-state index contributed by atoms with van der Waals surface area (Å²) in [6.45, 7) is 8.44. The quantitative estimate of drug-likeness (QED) is 0.729. The second kappa shape index (κ2) is 5.49. The Morgan fingerprint density at radius 2 is 1.88 bits per heavy atom. The van der Waals surface area contributed by atoms with Gasteiger partial charge in [-0.05, 0) is 30.9 Å². The molecular weight excluding hydrogens is 194 g/mol. The van der Waals surface area contributed by atoms with E-state index < -0.39 is 0 Å². The molecule has 1 aromatic rings. The van der Waals surface area contributed by atoms with Gasteiger partial charge in [0.1, 0.15) is 0 Å². The molecule has 16 heavy (non-hydrogen) atoms. The van der Waals surface area contributed by atoms with Gasteiger partial charge < -0.3 is 4.90 Å². The number of rotatable bonds is 5. The number of likely N-dealkylation sites (tertiary alicyclic amines) is 1. The zero-order valence-electron chi connectivity index (χ0n) is 10.5. The lowest BCUT2D eigenvalue weighted by molar-refractivity contribution is 0.144. The molecule has 1 aliphatic heterocycles. The van der Waals surface area contributed by atoms with Crippen LogP contribution in [0, 0.1) is 5.92 Å². The first-order valence-electron chi connectivity index (χ1n) is 6.53. The molecule has 1 fully saturated rings. The normalized spacial score (nSPS) is 17.7. The first-order chi connectivity index (χ1) is 7.75. The fourth-order valence-electron chi connectivity index (χ4n) is 2.41. The molecule has 0 aromatic heterocycles. The van der Waals surface area contributed by atoms with Crippen molar-refractivity contribution in [1.29, 1.82) is 0 Å². The summed E-state index contributed by atoms with van der Waals surface area (Å²) >= 11 is 0. The fourth-order valence-corrected chi connectivity index (χ4v) is 2.41. The van der Waals surface area contributed by atoms with Gasteiger partial charge in [-0.15, -0.1) is 0 Å². The second-order valence-corrected chi connectivity index (χ2v) is 5.40. The van der Waals surface area contributed by atoms with Crippen LogP contribution in [-0.4, -0.2) is 24.5 Å². The van der Waals surface area contributed by atoms with Crippen molar-refractivity contribution in [3.05, 3.63) is 35.9 Å². The van der Waals surface area contributed by atoms with Crippen LogP contribution in [0.4, 0.5) is 0 Å². The van der Waals surface area contributed by atoms with Crippen molar-refractivity contribution in [3.63, 3.8) is 0 Å². The molecule has 1 aromatic carbocycles. The van der Waals surface area contributed by atoms with Gasteiger partial charge in [0.2, 0.25) is 0 Å². The maximum absolute atomic E-state index is 2.58. The van der Waals surface area contributed by atoms with Crippen LogP contribution in [0.5, 0.6) is 0 Å². The van der Waals surface area contributed by atoms with E-state index in [1.54, 1.807) is 0 Å². The molecule has 0 atom stereocenters. The lowest BCUT2D eigenvalue weighted by atomic mass is 9.91. The third-order valence-electron chi connectivity index (χ3n) is 3.48. The van der Waals surface area contributed by atoms with E-state index in [1.165, 1.54) is 38.0 Å². The zero-order valence-corrected chi connectivity index (χ0v) is 10.5. The number of hydrogen-bond acceptors (Lipinski definition) is 1. The van der Waals surface area contributed by atoms with Gasteiger partial charge in [-0.25, -0.2) is 0 Å². The van der Waals surface area contributed by atoms with Crippen LogP contribution in [0.15, 0.2) is 30.3 Å². The minimum atomic E-state index is 0.792. The lowest BCUT2D eigenvalue weighted by Crippen LogP contribution is -2.45. The molecule has 1 aliphatic rings. The van der Waals surface area contributed by atoms with Gasteiger partial charge in [0.05, 0.1) is 0 Å². The summed E-state index contributed by atoms with van der Waals surface area (Å²) in [6.07, 6.45) is 2.73. The molecule has 1 saturated heterocycles. The van der Waals surface area contributed by atoms with Gasteiger partial charge in [-0.2, -0.15) is 0 Å². The van der Waals surface area contributed by atoms with Crippen molar-refractivity contribution < 1.29 is 0 Å². The molecule has 0 N–H and O–H groups in total. The fraction of sp³-hybridized carbons (Fsp3) is 0.600. The zero-order chi connectivity index (χ0) is 11.4. The van der Waals surface area contributed by atoms with Crippen molar-refractivity contribution in [2.24, 2.45) is 5.92 Å². The van der Waals surface area contributed by atoms with Gasteiger partial charge in [-0.1, -0.05) is 44.2 Å². The Bertz CT molecular complexity index is 298. The Balaban J connectivity index is 1.66. The molecular formula is C15H23N. The van der Waals surface area contributed by atoms with Crippen LogP contribution in [0.25, 0.3) is 0 Å². The number of nitrogens with zero attached hydrogens (tertiary/aromatic N) is 1. The summed E-state index contributed by atoms with van der Waals surface area (Å²) in [5.41, 5.74) is 1.52. The Labute approximate surface area is 99.5 Å². The molecule has 0 unspecified atom stereocenters. The van der Waals surface area contributed by atoms with Crippen molar-refractivity contribution in [2.75, 3.05) is 19.6 Å². The van der Waals surface area contributed by atoms with Gasteiger partial charge in [0.25, 0.3) is 0 Å². The summed E-state index contributed by atoms with van der Waals surface area (Å²) in [4.78, 5) is 2.58. The standard InChI is InChI=1S/C15H23N/c1-13(2)7-6-10-16-11-15(12-16)14-8-4-3-5-9-14/h3-5,8-9,13,15H,6-7,10-12H2,1-2H3. The van der Waals surface area contributed by atoms with Crippen LogP contribution in [-0.2, 0) is 0 Å². The van der Waals surface area contributed by atoms with E-state index in [0.717, 1.165) is 11.8 Å². The van der Waals surface area contributed by atoms with Gasteiger partial charge >= 0.3 is 0 Å². The van der Waals surface area contributed by atoms with E-state index in [9.17, 15) is 0 Å². The van der Waals surface area contributed by atoms with Gasteiger partial charge in [0, 0.05) is 19.0 Å². The van der Waals surface area contributed by atoms with Crippen LogP contribution in [0.1, 0.15) is 38.2 Å². The van der Waals surface area contributed by atoms with E-state index in [1.807, 2.05) is 0 Å². The molecule has 0 aliphatic carbocycles. The van der Waals surface area contributed by atoms with Gasteiger partial charge in [0.15, 0.2) is 0 Å². The topological polar surface area (TPSA) is 3.24 Å². The smallest absolute Gasteiger partial charge is 0.00936 e. The highest BCUT2D eigenvalue weighted by molar-refractivity contribution is 5.22. The Morgan fingerprint density at radius 1 is 1.19 bits per heavy atom. The summed E-state index contributed by atoms with van der Waals surface area (Å²) in [5, 5.41) is 0. The largest absolute Gasteiger partial charge is 0.302 e. The first kappa shape index (κ1) is 11.7. The monoisotopic (exact) mass is 217 g/mol. The third-order valence-corrected chi connectivity index (χ3v) is 3.48. The lowest BCUT2D eigenvalue weighted by Gasteiger charge is -2.39. The van der Waals surface area contributed by atoms with Crippen molar-refractivity contribution in [3.8, 4) is 0 Å². The van der Waals surface area contributed by atoms with Crippen LogP contribution in [0.2, 0.25) is 0 Å². The predicted molar refractivity (Wildman–Crippen MR) is 69.7 cm³/mol. The van der Waals surface area contributed by atoms with Crippen molar-refractivity contribution in [1.82, 2.24) is 4.90 Å². The highest BCUT2D eigenvalue weighted by Gasteiger charge is 2.26. The van der Waals surface area contributed by atoms with Crippen LogP contribution in [0.3, 0.4) is 0 Å². The third kappa shape index (κ3) is 3.08. The Hall–Kier alpha value is -0.820. The van der Waals surface area contributed by atoms with E-state index >= 15 is 0 Å². The van der Waals surface area contributed by atoms with E-state index in [4.69, 9.17) is 0 Å². The second-order valence-electron chi connectivity index (χ2n) is 5.40. The van der Waals surface area contributed by atoms with Crippen LogP contribution < -0.4 is 0 Å². The van der Waals surface area contributed by atoms with E-state index in [0.29, 0.717) is 0 Å². The molecule has 0 saturated carbocycles. The average molecular weight is 217 g/mol. The van der Waals surface area contributed by atoms with Crippen molar-refractivity contribution in [2.45, 2.75) is 32.6 Å². The molecule has 0 amide bonds. The SMILES string of the molecule is CC(C)CCCN1CC(c2ccccc2)C1. The molecule has 0 radical (unpaired) electrons. The summed E-state index contributed by atoms with van der Waals surface area (Å²) in [5.74, 6) is 1.64. The summed E-state index contributed by atoms with van der Waals surface area (Å²) < 4.78 is 0. The Morgan fingerprint density at radius 3 is 2.50 bits per heavy atom. The average Bonchev–Trinajstić information content (AvgIpc) is 2.22. The summed E-state index contributed by atoms with van der Waals surface area (Å²) in [6, 6.07) is 10.9. The molecule has 0 bridgehead atoms. The van der Waals surface area contributed by atoms with Gasteiger partial charge in [-0.3, -0.25) is 0 Å². The van der Waals surface area contributed by atoms with Crippen LogP contribution >= 0.6 is 0 Å². The molecule has 0 spiro atoms. The highest BCUT2D eigenvalue weighted by atomic mass is 15.2. The minimum absolute atomic E-state index is 0.792. The maximum atomic E-state index is 2.58.